The quantitative estimate of drug-likeness (QED) is 0.571. The molecule has 3 fully saturated rings. The monoisotopic (exact) mass is 348 g/mol. The van der Waals surface area contributed by atoms with Crippen molar-refractivity contribution in [1.29, 1.82) is 0 Å². The lowest BCUT2D eigenvalue weighted by Crippen LogP contribution is -2.63. The summed E-state index contributed by atoms with van der Waals surface area (Å²) in [5.41, 5.74) is -0.440. The molecule has 0 saturated heterocycles. The van der Waals surface area contributed by atoms with Crippen LogP contribution in [0, 0.1) is 28.1 Å². The second-order valence-corrected chi connectivity index (χ2v) is 10.3. The number of esters is 1. The van der Waals surface area contributed by atoms with Gasteiger partial charge in [-0.3, -0.25) is 4.79 Å². The van der Waals surface area contributed by atoms with E-state index in [2.05, 4.69) is 40.3 Å². The fourth-order valence-electron chi connectivity index (χ4n) is 7.02. The van der Waals surface area contributed by atoms with E-state index in [0.29, 0.717) is 11.8 Å². The Bertz CT molecular complexity index is 568. The molecule has 0 unspecified atom stereocenters. The minimum atomic E-state index is -0.573. The summed E-state index contributed by atoms with van der Waals surface area (Å²) in [7, 11) is 0. The number of hydrogen-bond acceptors (Lipinski definition) is 3. The summed E-state index contributed by atoms with van der Waals surface area (Å²) in [4.78, 5) is 11.6. The zero-order valence-corrected chi connectivity index (χ0v) is 16.7. The molecule has 0 radical (unpaired) electrons. The van der Waals surface area contributed by atoms with Gasteiger partial charge in [0.15, 0.2) is 0 Å². The number of fused-ring (bicyclic) bond motifs is 3. The second kappa shape index (κ2) is 5.84. The number of carbonyl (C=O) groups excluding carboxylic acids is 1. The van der Waals surface area contributed by atoms with Crippen molar-refractivity contribution in [3.8, 4) is 0 Å². The summed E-state index contributed by atoms with van der Waals surface area (Å²) in [6, 6.07) is 0. The lowest BCUT2D eigenvalue weighted by molar-refractivity contribution is -0.226. The molecule has 0 spiro atoms. The molecule has 1 N–H and O–H groups in total. The zero-order chi connectivity index (χ0) is 18.7. The van der Waals surface area contributed by atoms with Gasteiger partial charge in [0, 0.05) is 12.3 Å². The summed E-state index contributed by atoms with van der Waals surface area (Å²) in [5.74, 6) is 0.647. The number of ether oxygens (including phenoxy) is 1. The van der Waals surface area contributed by atoms with Crippen LogP contribution in [0.15, 0.2) is 12.7 Å². The van der Waals surface area contributed by atoms with E-state index in [-0.39, 0.29) is 28.3 Å². The van der Waals surface area contributed by atoms with Gasteiger partial charge in [0.1, 0.15) is 6.10 Å². The minimum Gasteiger partial charge on any atom is -0.462 e. The van der Waals surface area contributed by atoms with Crippen LogP contribution in [0.1, 0.15) is 79.6 Å². The van der Waals surface area contributed by atoms with E-state index in [4.69, 9.17) is 4.74 Å². The van der Waals surface area contributed by atoms with E-state index in [0.717, 1.165) is 44.9 Å². The normalized spacial score (nSPS) is 48.8. The third kappa shape index (κ3) is 2.87. The van der Waals surface area contributed by atoms with E-state index < -0.39 is 5.60 Å². The summed E-state index contributed by atoms with van der Waals surface area (Å²) < 4.78 is 5.70. The molecule has 3 aliphatic rings. The summed E-state index contributed by atoms with van der Waals surface area (Å²) in [5, 5.41) is 11.6. The van der Waals surface area contributed by atoms with Crippen LogP contribution in [0.25, 0.3) is 0 Å². The molecule has 25 heavy (non-hydrogen) atoms. The summed E-state index contributed by atoms with van der Waals surface area (Å²) >= 11 is 0. The molecule has 142 valence electrons. The largest absolute Gasteiger partial charge is 0.462 e. The van der Waals surface area contributed by atoms with Crippen LogP contribution in [0.5, 0.6) is 0 Å². The Balaban J connectivity index is 1.90. The smallest absolute Gasteiger partial charge is 0.302 e. The Hall–Kier alpha value is -0.830. The predicted molar refractivity (Wildman–Crippen MR) is 100.0 cm³/mol. The highest BCUT2D eigenvalue weighted by molar-refractivity contribution is 5.66. The molecule has 0 heterocycles. The highest BCUT2D eigenvalue weighted by Crippen LogP contribution is 2.66. The van der Waals surface area contributed by atoms with Gasteiger partial charge in [-0.05, 0) is 67.6 Å². The van der Waals surface area contributed by atoms with Crippen LogP contribution in [0.2, 0.25) is 0 Å². The van der Waals surface area contributed by atoms with Gasteiger partial charge in [0.25, 0.3) is 0 Å². The maximum absolute atomic E-state index is 11.6. The molecule has 3 heteroatoms. The fraction of sp³-hybridized carbons (Fsp3) is 0.864. The standard InChI is InChI=1S/C22H36O3/c1-7-20(5)11-8-17-21(6)12-10-18(25-15(2)23)19(3,4)16(21)9-13-22(17,24)14-20/h7,16-18,24H,1,8-14H2,2-6H3/t16-,17+,18-,20+,21-,22+/m1/s1. The van der Waals surface area contributed by atoms with E-state index in [9.17, 15) is 9.90 Å². The first-order valence-electron chi connectivity index (χ1n) is 10.0. The topological polar surface area (TPSA) is 46.5 Å². The van der Waals surface area contributed by atoms with Crippen LogP contribution in [0.4, 0.5) is 0 Å². The molecule has 3 nitrogen and oxygen atoms in total. The molecule has 0 bridgehead atoms. The average molecular weight is 349 g/mol. The maximum Gasteiger partial charge on any atom is 0.302 e. The molecule has 0 amide bonds. The van der Waals surface area contributed by atoms with Crippen molar-refractivity contribution in [2.45, 2.75) is 91.3 Å². The lowest BCUT2D eigenvalue weighted by Gasteiger charge is -2.65. The Kier molecular flexibility index (Phi) is 4.42. The molecule has 3 saturated carbocycles. The van der Waals surface area contributed by atoms with Crippen molar-refractivity contribution < 1.29 is 14.6 Å². The predicted octanol–water partition coefficient (Wildman–Crippen LogP) is 4.88. The van der Waals surface area contributed by atoms with Gasteiger partial charge < -0.3 is 9.84 Å². The van der Waals surface area contributed by atoms with Crippen LogP contribution in [0.3, 0.4) is 0 Å². The first kappa shape index (κ1) is 18.9. The van der Waals surface area contributed by atoms with Crippen molar-refractivity contribution in [2.24, 2.45) is 28.1 Å². The third-order valence-corrected chi connectivity index (χ3v) is 8.29. The van der Waals surface area contributed by atoms with Gasteiger partial charge in [-0.1, -0.05) is 33.8 Å². The SMILES string of the molecule is C=C[C@@]1(C)CC[C@@H]2[C@](O)(CC[C@@H]3C(C)(C)[C@H](OC(C)=O)CC[C@]32C)C1. The van der Waals surface area contributed by atoms with E-state index in [1.54, 1.807) is 0 Å². The van der Waals surface area contributed by atoms with Crippen LogP contribution >= 0.6 is 0 Å². The Morgan fingerprint density at radius 2 is 1.72 bits per heavy atom. The van der Waals surface area contributed by atoms with Crippen LogP contribution in [-0.4, -0.2) is 22.8 Å². The number of allylic oxidation sites excluding steroid dienone is 1. The molecule has 0 aromatic rings. The third-order valence-electron chi connectivity index (χ3n) is 8.29. The number of carbonyl (C=O) groups is 1. The molecule has 3 aliphatic carbocycles. The Labute approximate surface area is 153 Å². The van der Waals surface area contributed by atoms with Gasteiger partial charge in [-0.25, -0.2) is 0 Å². The lowest BCUT2D eigenvalue weighted by atomic mass is 9.41. The second-order valence-electron chi connectivity index (χ2n) is 10.3. The number of hydrogen-bond donors (Lipinski definition) is 1. The average Bonchev–Trinajstić information content (AvgIpc) is 2.49. The molecule has 6 atom stereocenters. The van der Waals surface area contributed by atoms with E-state index >= 15 is 0 Å². The van der Waals surface area contributed by atoms with Crippen molar-refractivity contribution in [3.63, 3.8) is 0 Å². The van der Waals surface area contributed by atoms with Gasteiger partial charge in [-0.2, -0.15) is 0 Å². The van der Waals surface area contributed by atoms with E-state index in [1.807, 2.05) is 0 Å². The summed E-state index contributed by atoms with van der Waals surface area (Å²) in [6.45, 7) is 14.7. The molecular formula is C22H36O3. The van der Waals surface area contributed by atoms with Gasteiger partial charge in [0.2, 0.25) is 0 Å². The first-order valence-corrected chi connectivity index (χ1v) is 10.0. The first-order chi connectivity index (χ1) is 11.5. The van der Waals surface area contributed by atoms with Gasteiger partial charge >= 0.3 is 5.97 Å². The molecule has 0 aromatic heterocycles. The fourth-order valence-corrected chi connectivity index (χ4v) is 7.02. The highest BCUT2D eigenvalue weighted by atomic mass is 16.5. The van der Waals surface area contributed by atoms with Gasteiger partial charge in [0.05, 0.1) is 5.60 Å². The molecule has 0 aliphatic heterocycles. The molecule has 3 rings (SSSR count). The number of aliphatic hydroxyl groups is 1. The molecular weight excluding hydrogens is 312 g/mol. The number of rotatable bonds is 2. The van der Waals surface area contributed by atoms with Crippen molar-refractivity contribution in [1.82, 2.24) is 0 Å². The summed E-state index contributed by atoms with van der Waals surface area (Å²) in [6.07, 6.45) is 8.89. The Morgan fingerprint density at radius 3 is 2.32 bits per heavy atom. The maximum atomic E-state index is 11.6. The minimum absolute atomic E-state index is 0.00343. The van der Waals surface area contributed by atoms with E-state index in [1.165, 1.54) is 6.92 Å². The van der Waals surface area contributed by atoms with Gasteiger partial charge in [-0.15, -0.1) is 6.58 Å². The van der Waals surface area contributed by atoms with Crippen molar-refractivity contribution in [2.75, 3.05) is 0 Å². The van der Waals surface area contributed by atoms with Crippen molar-refractivity contribution in [3.05, 3.63) is 12.7 Å². The molecule has 0 aromatic carbocycles. The van der Waals surface area contributed by atoms with Crippen molar-refractivity contribution >= 4 is 5.97 Å². The van der Waals surface area contributed by atoms with Crippen LogP contribution in [-0.2, 0) is 9.53 Å². The Morgan fingerprint density at radius 1 is 1.08 bits per heavy atom. The highest BCUT2D eigenvalue weighted by Gasteiger charge is 2.63. The van der Waals surface area contributed by atoms with Crippen LogP contribution < -0.4 is 0 Å². The zero-order valence-electron chi connectivity index (χ0n) is 16.7.